The summed E-state index contributed by atoms with van der Waals surface area (Å²) in [5.74, 6) is 0. The maximum atomic E-state index is 2.78. The van der Waals surface area contributed by atoms with Crippen LogP contribution in [0.3, 0.4) is 0 Å². The van der Waals surface area contributed by atoms with E-state index in [0.717, 1.165) is 6.04 Å². The Hall–Kier alpha value is -0.0800. The Labute approximate surface area is 106 Å². The molecule has 0 saturated carbocycles. The third-order valence-corrected chi connectivity index (χ3v) is 5.48. The molecule has 0 bridgehead atoms. The Kier molecular flexibility index (Phi) is 2.79. The van der Waals surface area contributed by atoms with Crippen molar-refractivity contribution in [2.75, 3.05) is 26.2 Å². The Bertz CT molecular complexity index is 270. The van der Waals surface area contributed by atoms with Gasteiger partial charge in [0.15, 0.2) is 0 Å². The highest BCUT2D eigenvalue weighted by molar-refractivity contribution is 5.01. The molecule has 2 nitrogen and oxygen atoms in total. The summed E-state index contributed by atoms with van der Waals surface area (Å²) < 4.78 is 0. The van der Waals surface area contributed by atoms with Crippen LogP contribution in [-0.2, 0) is 0 Å². The number of fused-ring (bicyclic) bond motifs is 1. The number of rotatable bonds is 0. The van der Waals surface area contributed by atoms with Crippen LogP contribution in [0.2, 0.25) is 0 Å². The van der Waals surface area contributed by atoms with Gasteiger partial charge < -0.3 is 0 Å². The zero-order valence-electron chi connectivity index (χ0n) is 11.8. The van der Waals surface area contributed by atoms with E-state index in [1.54, 1.807) is 0 Å². The van der Waals surface area contributed by atoms with E-state index in [-0.39, 0.29) is 0 Å². The van der Waals surface area contributed by atoms with E-state index in [1.807, 2.05) is 0 Å². The van der Waals surface area contributed by atoms with Gasteiger partial charge >= 0.3 is 0 Å². The van der Waals surface area contributed by atoms with Crippen molar-refractivity contribution in [3.8, 4) is 0 Å². The molecule has 98 valence electrons. The molecule has 3 heterocycles. The summed E-state index contributed by atoms with van der Waals surface area (Å²) in [6, 6.07) is 0.955. The normalized spacial score (nSPS) is 34.4. The Morgan fingerprint density at radius 3 is 2.35 bits per heavy atom. The maximum Gasteiger partial charge on any atom is 0.0125 e. The molecule has 0 aliphatic carbocycles. The largest absolute Gasteiger partial charge is 0.300 e. The van der Waals surface area contributed by atoms with Gasteiger partial charge in [0.2, 0.25) is 0 Å². The van der Waals surface area contributed by atoms with Crippen molar-refractivity contribution < 1.29 is 0 Å². The van der Waals surface area contributed by atoms with Crippen molar-refractivity contribution in [1.82, 2.24) is 9.80 Å². The maximum absolute atomic E-state index is 2.78. The Morgan fingerprint density at radius 2 is 1.76 bits per heavy atom. The minimum absolute atomic E-state index is 0.371. The first-order valence-electron chi connectivity index (χ1n) is 7.48. The SMILES string of the molecule is CC(C)(C)N1CCC2(CC1)CC1CCCN1C2. The lowest BCUT2D eigenvalue weighted by molar-refractivity contribution is 0.0458. The summed E-state index contributed by atoms with van der Waals surface area (Å²) in [6.45, 7) is 12.5. The third-order valence-electron chi connectivity index (χ3n) is 5.48. The molecule has 3 aliphatic heterocycles. The second-order valence-electron chi connectivity index (χ2n) is 7.63. The smallest absolute Gasteiger partial charge is 0.0125 e. The molecule has 1 unspecified atom stereocenters. The van der Waals surface area contributed by atoms with Crippen molar-refractivity contribution in [3.63, 3.8) is 0 Å². The minimum Gasteiger partial charge on any atom is -0.300 e. The minimum atomic E-state index is 0.371. The topological polar surface area (TPSA) is 6.48 Å². The molecule has 0 aromatic carbocycles. The molecular formula is C15H28N2. The van der Waals surface area contributed by atoms with E-state index in [9.17, 15) is 0 Å². The van der Waals surface area contributed by atoms with Crippen LogP contribution < -0.4 is 0 Å². The molecule has 0 aromatic rings. The Morgan fingerprint density at radius 1 is 1.06 bits per heavy atom. The van der Waals surface area contributed by atoms with Gasteiger partial charge in [-0.25, -0.2) is 0 Å². The van der Waals surface area contributed by atoms with Crippen LogP contribution in [0.1, 0.15) is 52.9 Å². The number of likely N-dealkylation sites (tertiary alicyclic amines) is 1. The number of hydrogen-bond acceptors (Lipinski definition) is 2. The Balaban J connectivity index is 1.62. The summed E-state index contributed by atoms with van der Waals surface area (Å²) >= 11 is 0. The second kappa shape index (κ2) is 3.96. The number of hydrogen-bond donors (Lipinski definition) is 0. The molecule has 3 rings (SSSR count). The highest BCUT2D eigenvalue weighted by Gasteiger charge is 2.47. The second-order valence-corrected chi connectivity index (χ2v) is 7.63. The monoisotopic (exact) mass is 236 g/mol. The summed E-state index contributed by atoms with van der Waals surface area (Å²) in [5.41, 5.74) is 1.07. The summed E-state index contributed by atoms with van der Waals surface area (Å²) in [6.07, 6.45) is 7.32. The van der Waals surface area contributed by atoms with Gasteiger partial charge in [0.05, 0.1) is 0 Å². The van der Waals surface area contributed by atoms with Gasteiger partial charge in [-0.1, -0.05) is 0 Å². The fourth-order valence-electron chi connectivity index (χ4n) is 4.34. The van der Waals surface area contributed by atoms with E-state index in [2.05, 4.69) is 30.6 Å². The first kappa shape index (κ1) is 12.0. The van der Waals surface area contributed by atoms with Crippen LogP contribution >= 0.6 is 0 Å². The molecule has 1 atom stereocenters. The van der Waals surface area contributed by atoms with Crippen LogP contribution in [-0.4, -0.2) is 47.6 Å². The lowest BCUT2D eigenvalue weighted by Gasteiger charge is -2.45. The van der Waals surface area contributed by atoms with Crippen LogP contribution in [0.15, 0.2) is 0 Å². The average Bonchev–Trinajstić information content (AvgIpc) is 2.75. The number of nitrogens with zero attached hydrogens (tertiary/aromatic N) is 2. The quantitative estimate of drug-likeness (QED) is 0.638. The lowest BCUT2D eigenvalue weighted by atomic mass is 9.75. The zero-order chi connectivity index (χ0) is 12.1. The van der Waals surface area contributed by atoms with Gasteiger partial charge in [-0.15, -0.1) is 0 Å². The third kappa shape index (κ3) is 2.15. The zero-order valence-corrected chi connectivity index (χ0v) is 11.8. The number of piperidine rings is 1. The molecule has 2 heteroatoms. The van der Waals surface area contributed by atoms with Gasteiger partial charge in [0.1, 0.15) is 0 Å². The standard InChI is InChI=1S/C15H28N2/c1-14(2,3)17-9-6-15(7-10-17)11-13-5-4-8-16(13)12-15/h13H,4-12H2,1-3H3. The van der Waals surface area contributed by atoms with Gasteiger partial charge in [-0.05, 0) is 77.9 Å². The van der Waals surface area contributed by atoms with Gasteiger partial charge in [-0.3, -0.25) is 9.80 Å². The molecular weight excluding hydrogens is 208 g/mol. The van der Waals surface area contributed by atoms with Crippen LogP contribution in [0.4, 0.5) is 0 Å². The van der Waals surface area contributed by atoms with Crippen molar-refractivity contribution in [2.45, 2.75) is 64.5 Å². The summed E-state index contributed by atoms with van der Waals surface area (Å²) in [4.78, 5) is 5.47. The molecule has 0 N–H and O–H groups in total. The van der Waals surface area contributed by atoms with Crippen LogP contribution in [0.5, 0.6) is 0 Å². The molecule has 3 saturated heterocycles. The first-order chi connectivity index (χ1) is 7.99. The predicted molar refractivity (Wildman–Crippen MR) is 72.2 cm³/mol. The first-order valence-corrected chi connectivity index (χ1v) is 7.48. The van der Waals surface area contributed by atoms with Crippen molar-refractivity contribution in [2.24, 2.45) is 5.41 Å². The van der Waals surface area contributed by atoms with Gasteiger partial charge in [0, 0.05) is 18.1 Å². The van der Waals surface area contributed by atoms with E-state index >= 15 is 0 Å². The lowest BCUT2D eigenvalue weighted by Crippen LogP contribution is -2.49. The van der Waals surface area contributed by atoms with Crippen molar-refractivity contribution in [3.05, 3.63) is 0 Å². The van der Waals surface area contributed by atoms with Crippen molar-refractivity contribution in [1.29, 1.82) is 0 Å². The molecule has 0 amide bonds. The van der Waals surface area contributed by atoms with E-state index in [1.165, 1.54) is 58.3 Å². The molecule has 1 spiro atoms. The van der Waals surface area contributed by atoms with Crippen LogP contribution in [0.25, 0.3) is 0 Å². The van der Waals surface area contributed by atoms with E-state index in [0.29, 0.717) is 11.0 Å². The molecule has 0 aromatic heterocycles. The molecule has 0 radical (unpaired) electrons. The fourth-order valence-corrected chi connectivity index (χ4v) is 4.34. The highest BCUT2D eigenvalue weighted by atomic mass is 15.2. The highest BCUT2D eigenvalue weighted by Crippen LogP contribution is 2.47. The van der Waals surface area contributed by atoms with E-state index < -0.39 is 0 Å². The summed E-state index contributed by atoms with van der Waals surface area (Å²) in [5, 5.41) is 0. The molecule has 3 aliphatic rings. The molecule has 3 fully saturated rings. The van der Waals surface area contributed by atoms with Crippen LogP contribution in [0, 0.1) is 5.41 Å². The molecule has 17 heavy (non-hydrogen) atoms. The fraction of sp³-hybridized carbons (Fsp3) is 1.00. The average molecular weight is 236 g/mol. The summed E-state index contributed by atoms with van der Waals surface area (Å²) in [7, 11) is 0. The van der Waals surface area contributed by atoms with Gasteiger partial charge in [0.25, 0.3) is 0 Å². The van der Waals surface area contributed by atoms with E-state index in [4.69, 9.17) is 0 Å². The predicted octanol–water partition coefficient (Wildman–Crippen LogP) is 2.74. The van der Waals surface area contributed by atoms with Crippen molar-refractivity contribution >= 4 is 0 Å². The van der Waals surface area contributed by atoms with Gasteiger partial charge in [-0.2, -0.15) is 0 Å².